The number of carbonyl (C=O) groups is 2. The first-order valence-electron chi connectivity index (χ1n) is 16.3. The van der Waals surface area contributed by atoms with E-state index >= 15 is 0 Å². The van der Waals surface area contributed by atoms with Crippen molar-refractivity contribution in [1.82, 2.24) is 9.80 Å². The molecule has 0 unspecified atom stereocenters. The van der Waals surface area contributed by atoms with Crippen molar-refractivity contribution in [3.63, 3.8) is 0 Å². The molecule has 0 spiro atoms. The number of nitrogens with zero attached hydrogens (tertiary/aromatic N) is 2. The predicted molar refractivity (Wildman–Crippen MR) is 184 cm³/mol. The Morgan fingerprint density at radius 2 is 1.33 bits per heavy atom. The number of hydrogen-bond donors (Lipinski definition) is 1. The van der Waals surface area contributed by atoms with Crippen LogP contribution < -0.4 is 0 Å². The second-order valence-corrected chi connectivity index (χ2v) is 12.6. The van der Waals surface area contributed by atoms with Crippen LogP contribution >= 0.6 is 0 Å². The number of benzene rings is 5. The number of likely N-dealkylation sites (N-methyl/N-ethyl adjacent to an activating group) is 1. The smallest absolute Gasteiger partial charge is 0.261 e. The highest BCUT2D eigenvalue weighted by molar-refractivity contribution is 6.21. The van der Waals surface area contributed by atoms with Crippen LogP contribution in [0.25, 0.3) is 11.1 Å². The van der Waals surface area contributed by atoms with Gasteiger partial charge in [-0.05, 0) is 64.7 Å². The molecule has 2 aliphatic rings. The molecule has 1 fully saturated rings. The SMILES string of the molecule is CN(Cc1ccccc1)C[C@H]1C[C@@H](c2ccc(CO)cc2)O[C@@H](c2cccc(-c3cccc(CN4C(=O)c5ccccc5C4=O)c3)c2)O1. The summed E-state index contributed by atoms with van der Waals surface area (Å²) >= 11 is 0. The van der Waals surface area contributed by atoms with Gasteiger partial charge in [-0.2, -0.15) is 0 Å². The van der Waals surface area contributed by atoms with E-state index in [-0.39, 0.29) is 37.2 Å². The molecule has 0 bridgehead atoms. The van der Waals surface area contributed by atoms with E-state index < -0.39 is 6.29 Å². The lowest BCUT2D eigenvalue weighted by Crippen LogP contribution is -2.37. The maximum atomic E-state index is 13.0. The summed E-state index contributed by atoms with van der Waals surface area (Å²) in [4.78, 5) is 29.6. The molecule has 7 rings (SSSR count). The minimum absolute atomic E-state index is 0.00324. The van der Waals surface area contributed by atoms with Crippen LogP contribution in [0, 0.1) is 0 Å². The Labute approximate surface area is 281 Å². The molecular formula is C41H38N2O5. The number of rotatable bonds is 10. The summed E-state index contributed by atoms with van der Waals surface area (Å²) in [5.41, 5.74) is 7.78. The summed E-state index contributed by atoms with van der Waals surface area (Å²) in [6.45, 7) is 1.74. The molecule has 7 nitrogen and oxygen atoms in total. The molecule has 2 heterocycles. The molecule has 2 amide bonds. The third-order valence-electron chi connectivity index (χ3n) is 9.06. The number of carbonyl (C=O) groups excluding carboxylic acids is 2. The van der Waals surface area contributed by atoms with Crippen LogP contribution in [0.3, 0.4) is 0 Å². The lowest BCUT2D eigenvalue weighted by Gasteiger charge is -2.38. The maximum absolute atomic E-state index is 13.0. The van der Waals surface area contributed by atoms with Gasteiger partial charge in [0.05, 0.1) is 36.5 Å². The minimum Gasteiger partial charge on any atom is -0.392 e. The van der Waals surface area contributed by atoms with Gasteiger partial charge in [0.25, 0.3) is 11.8 Å². The quantitative estimate of drug-likeness (QED) is 0.162. The van der Waals surface area contributed by atoms with Crippen LogP contribution in [0.15, 0.2) is 127 Å². The van der Waals surface area contributed by atoms with E-state index in [0.717, 1.165) is 46.5 Å². The zero-order chi connectivity index (χ0) is 33.0. The Bertz CT molecular complexity index is 1870. The monoisotopic (exact) mass is 638 g/mol. The number of aliphatic hydroxyl groups excluding tert-OH is 1. The first-order chi connectivity index (χ1) is 23.4. The fourth-order valence-electron chi connectivity index (χ4n) is 6.62. The zero-order valence-electron chi connectivity index (χ0n) is 26.9. The Morgan fingerprint density at radius 3 is 2.04 bits per heavy atom. The summed E-state index contributed by atoms with van der Waals surface area (Å²) in [6, 6.07) is 41.4. The van der Waals surface area contributed by atoms with Crippen molar-refractivity contribution in [2.45, 2.75) is 44.6 Å². The van der Waals surface area contributed by atoms with E-state index in [1.54, 1.807) is 24.3 Å². The van der Waals surface area contributed by atoms with Crippen molar-refractivity contribution < 1.29 is 24.2 Å². The Balaban J connectivity index is 1.11. The van der Waals surface area contributed by atoms with Crippen molar-refractivity contribution in [3.8, 4) is 11.1 Å². The number of amides is 2. The summed E-state index contributed by atoms with van der Waals surface area (Å²) in [7, 11) is 2.11. The summed E-state index contributed by atoms with van der Waals surface area (Å²) in [6.07, 6.45) is -0.143. The Hall–Kier alpha value is -4.92. The normalized spacial score (nSPS) is 19.1. The molecule has 0 radical (unpaired) electrons. The van der Waals surface area contributed by atoms with Gasteiger partial charge in [-0.3, -0.25) is 19.4 Å². The molecule has 48 heavy (non-hydrogen) atoms. The standard InChI is InChI=1S/C41H38N2O5/c1-42(24-28-9-3-2-4-10-28)26-35-23-38(31-19-17-29(27-44)18-20-31)48-41(47-35)34-14-8-13-33(22-34)32-12-7-11-30(21-32)25-43-39(45)36-15-5-6-16-37(36)40(43)46/h2-22,35,38,41,44H,23-27H2,1H3/t35-,38+,41+/m1/s1. The fourth-order valence-corrected chi connectivity index (χ4v) is 6.62. The lowest BCUT2D eigenvalue weighted by atomic mass is 9.98. The molecule has 3 atom stereocenters. The topological polar surface area (TPSA) is 79.3 Å². The van der Waals surface area contributed by atoms with Gasteiger partial charge in [0.2, 0.25) is 0 Å². The lowest BCUT2D eigenvalue weighted by molar-refractivity contribution is -0.252. The van der Waals surface area contributed by atoms with Crippen LogP contribution in [0.5, 0.6) is 0 Å². The largest absolute Gasteiger partial charge is 0.392 e. The Kier molecular flexibility index (Phi) is 9.27. The van der Waals surface area contributed by atoms with Crippen LogP contribution in [-0.4, -0.2) is 46.4 Å². The van der Waals surface area contributed by atoms with Crippen molar-refractivity contribution in [2.24, 2.45) is 0 Å². The van der Waals surface area contributed by atoms with Crippen LogP contribution in [0.1, 0.15) is 67.3 Å². The molecule has 1 saturated heterocycles. The molecule has 0 saturated carbocycles. The first-order valence-corrected chi connectivity index (χ1v) is 16.3. The van der Waals surface area contributed by atoms with E-state index in [2.05, 4.69) is 42.3 Å². The average molecular weight is 639 g/mol. The Morgan fingerprint density at radius 1 is 0.688 bits per heavy atom. The number of aliphatic hydroxyl groups is 1. The van der Waals surface area contributed by atoms with E-state index in [0.29, 0.717) is 17.5 Å². The van der Waals surface area contributed by atoms with E-state index in [1.165, 1.54) is 10.5 Å². The van der Waals surface area contributed by atoms with Gasteiger partial charge in [-0.15, -0.1) is 0 Å². The number of imide groups is 1. The van der Waals surface area contributed by atoms with Gasteiger partial charge < -0.3 is 14.6 Å². The number of fused-ring (bicyclic) bond motifs is 1. The van der Waals surface area contributed by atoms with Crippen molar-refractivity contribution in [1.29, 1.82) is 0 Å². The maximum Gasteiger partial charge on any atom is 0.261 e. The first kappa shape index (κ1) is 31.7. The molecule has 0 aliphatic carbocycles. The predicted octanol–water partition coefficient (Wildman–Crippen LogP) is 7.32. The molecule has 5 aromatic carbocycles. The second kappa shape index (κ2) is 14.1. The fraction of sp³-hybridized carbons (Fsp3) is 0.220. The van der Waals surface area contributed by atoms with E-state index in [1.807, 2.05) is 72.8 Å². The molecule has 5 aromatic rings. The molecule has 0 aromatic heterocycles. The highest BCUT2D eigenvalue weighted by atomic mass is 16.7. The summed E-state index contributed by atoms with van der Waals surface area (Å²) in [5.74, 6) is -0.529. The minimum atomic E-state index is -0.585. The van der Waals surface area contributed by atoms with Crippen molar-refractivity contribution in [2.75, 3.05) is 13.6 Å². The van der Waals surface area contributed by atoms with Crippen LogP contribution in [0.4, 0.5) is 0 Å². The molecule has 2 aliphatic heterocycles. The van der Waals surface area contributed by atoms with Crippen LogP contribution in [-0.2, 0) is 29.2 Å². The number of ether oxygens (including phenoxy) is 2. The van der Waals surface area contributed by atoms with Gasteiger partial charge in [0.1, 0.15) is 0 Å². The van der Waals surface area contributed by atoms with Gasteiger partial charge in [0, 0.05) is 25.1 Å². The summed E-state index contributed by atoms with van der Waals surface area (Å²) < 4.78 is 13.3. The summed E-state index contributed by atoms with van der Waals surface area (Å²) in [5, 5.41) is 9.57. The molecule has 1 N–H and O–H groups in total. The van der Waals surface area contributed by atoms with Gasteiger partial charge >= 0.3 is 0 Å². The zero-order valence-corrected chi connectivity index (χ0v) is 26.9. The van der Waals surface area contributed by atoms with Crippen molar-refractivity contribution in [3.05, 3.63) is 166 Å². The molecular weight excluding hydrogens is 600 g/mol. The molecule has 7 heteroatoms. The number of hydrogen-bond acceptors (Lipinski definition) is 6. The van der Waals surface area contributed by atoms with Gasteiger partial charge in [0.15, 0.2) is 6.29 Å². The highest BCUT2D eigenvalue weighted by Gasteiger charge is 2.35. The van der Waals surface area contributed by atoms with Crippen LogP contribution in [0.2, 0.25) is 0 Å². The van der Waals surface area contributed by atoms with Gasteiger partial charge in [-0.1, -0.05) is 103 Å². The van der Waals surface area contributed by atoms with Crippen molar-refractivity contribution >= 4 is 11.8 Å². The van der Waals surface area contributed by atoms with E-state index in [4.69, 9.17) is 9.47 Å². The molecule has 242 valence electrons. The highest BCUT2D eigenvalue weighted by Crippen LogP contribution is 2.39. The third kappa shape index (κ3) is 6.86. The third-order valence-corrected chi connectivity index (χ3v) is 9.06. The van der Waals surface area contributed by atoms with Gasteiger partial charge in [-0.25, -0.2) is 0 Å². The van der Waals surface area contributed by atoms with E-state index in [9.17, 15) is 14.7 Å². The second-order valence-electron chi connectivity index (χ2n) is 12.6. The average Bonchev–Trinajstić information content (AvgIpc) is 3.36.